The number of hydrogen-bond acceptors (Lipinski definition) is 5. The van der Waals surface area contributed by atoms with Crippen LogP contribution in [0.15, 0.2) is 47.6 Å². The predicted molar refractivity (Wildman–Crippen MR) is 76.1 cm³/mol. The Morgan fingerprint density at radius 3 is 2.67 bits per heavy atom. The predicted octanol–water partition coefficient (Wildman–Crippen LogP) is 1.78. The third-order valence-electron chi connectivity index (χ3n) is 2.93. The van der Waals surface area contributed by atoms with E-state index < -0.39 is 14.9 Å². The summed E-state index contributed by atoms with van der Waals surface area (Å²) >= 11 is 0. The first-order chi connectivity index (χ1) is 9.90. The molecule has 0 bridgehead atoms. The molecule has 110 valence electrons. The van der Waals surface area contributed by atoms with E-state index in [0.29, 0.717) is 0 Å². The molecule has 1 N–H and O–H groups in total. The number of rotatable bonds is 5. The van der Waals surface area contributed by atoms with Crippen LogP contribution in [-0.2, 0) is 16.6 Å². The molecular weight excluding hydrogens is 294 g/mol. The number of aryl methyl sites for hydroxylation is 1. The average Bonchev–Trinajstić information content (AvgIpc) is 2.46. The Morgan fingerprint density at radius 1 is 1.29 bits per heavy atom. The number of aromatic nitrogens is 1. The van der Waals surface area contributed by atoms with Gasteiger partial charge in [0.15, 0.2) is 0 Å². The summed E-state index contributed by atoms with van der Waals surface area (Å²) in [6.07, 6.45) is 2.08. The first-order valence-corrected chi connectivity index (χ1v) is 7.52. The summed E-state index contributed by atoms with van der Waals surface area (Å²) in [5.74, 6) is 0. The van der Waals surface area contributed by atoms with Gasteiger partial charge < -0.3 is 0 Å². The molecule has 7 nitrogen and oxygen atoms in total. The first-order valence-electron chi connectivity index (χ1n) is 6.04. The first kappa shape index (κ1) is 15.1. The van der Waals surface area contributed by atoms with Crippen molar-refractivity contribution < 1.29 is 13.3 Å². The molecule has 0 fully saturated rings. The van der Waals surface area contributed by atoms with Gasteiger partial charge in [-0.3, -0.25) is 15.1 Å². The van der Waals surface area contributed by atoms with Crippen LogP contribution in [-0.4, -0.2) is 18.3 Å². The fourth-order valence-corrected chi connectivity index (χ4v) is 2.71. The van der Waals surface area contributed by atoms with Crippen molar-refractivity contribution in [3.05, 3.63) is 64.0 Å². The standard InChI is InChI=1S/C13H13N3O4S/c1-10-4-2-3-5-11(10)7-15-21(19,20)13-6-12(16(17)18)8-14-9-13/h2-6,8-9,15H,7H2,1H3. The third-order valence-corrected chi connectivity index (χ3v) is 4.30. The third kappa shape index (κ3) is 3.61. The number of nitrogens with one attached hydrogen (secondary N) is 1. The maximum Gasteiger partial charge on any atom is 0.288 e. The molecule has 0 unspecified atom stereocenters. The van der Waals surface area contributed by atoms with E-state index >= 15 is 0 Å². The lowest BCUT2D eigenvalue weighted by molar-refractivity contribution is -0.385. The summed E-state index contributed by atoms with van der Waals surface area (Å²) in [6, 6.07) is 8.33. The van der Waals surface area contributed by atoms with Crippen molar-refractivity contribution >= 4 is 15.7 Å². The second kappa shape index (κ2) is 5.98. The monoisotopic (exact) mass is 307 g/mol. The summed E-state index contributed by atoms with van der Waals surface area (Å²) in [7, 11) is -3.85. The van der Waals surface area contributed by atoms with E-state index in [2.05, 4.69) is 9.71 Å². The van der Waals surface area contributed by atoms with E-state index in [4.69, 9.17) is 0 Å². The number of benzene rings is 1. The van der Waals surface area contributed by atoms with Gasteiger partial charge in [0.2, 0.25) is 10.0 Å². The molecule has 0 aliphatic carbocycles. The fourth-order valence-electron chi connectivity index (χ4n) is 1.72. The van der Waals surface area contributed by atoms with E-state index in [-0.39, 0.29) is 17.1 Å². The molecule has 0 saturated heterocycles. The average molecular weight is 307 g/mol. The van der Waals surface area contributed by atoms with Crippen LogP contribution in [0.1, 0.15) is 11.1 Å². The summed E-state index contributed by atoms with van der Waals surface area (Å²) in [5, 5.41) is 10.7. The van der Waals surface area contributed by atoms with Gasteiger partial charge in [-0.1, -0.05) is 24.3 Å². The highest BCUT2D eigenvalue weighted by Crippen LogP contribution is 2.16. The van der Waals surface area contributed by atoms with Crippen molar-refractivity contribution in [2.24, 2.45) is 0 Å². The Kier molecular flexibility index (Phi) is 4.29. The molecule has 0 aliphatic heterocycles. The van der Waals surface area contributed by atoms with Crippen molar-refractivity contribution in [1.29, 1.82) is 0 Å². The molecular formula is C13H13N3O4S. The highest BCUT2D eigenvalue weighted by molar-refractivity contribution is 7.89. The molecule has 0 atom stereocenters. The zero-order valence-electron chi connectivity index (χ0n) is 11.2. The number of nitro groups is 1. The van der Waals surface area contributed by atoms with Gasteiger partial charge in [-0.05, 0) is 18.1 Å². The van der Waals surface area contributed by atoms with Crippen molar-refractivity contribution in [2.45, 2.75) is 18.4 Å². The van der Waals surface area contributed by atoms with Gasteiger partial charge in [0, 0.05) is 18.8 Å². The van der Waals surface area contributed by atoms with Crippen molar-refractivity contribution in [2.75, 3.05) is 0 Å². The van der Waals surface area contributed by atoms with Gasteiger partial charge in [0.05, 0.1) is 4.92 Å². The Bertz CT molecular complexity index is 774. The number of pyridine rings is 1. The van der Waals surface area contributed by atoms with Gasteiger partial charge in [-0.25, -0.2) is 13.1 Å². The largest absolute Gasteiger partial charge is 0.288 e. The second-order valence-corrected chi connectivity index (χ2v) is 6.15. The number of sulfonamides is 1. The van der Waals surface area contributed by atoms with E-state index in [1.54, 1.807) is 0 Å². The van der Waals surface area contributed by atoms with Crippen LogP contribution >= 0.6 is 0 Å². The molecule has 21 heavy (non-hydrogen) atoms. The van der Waals surface area contributed by atoms with Crippen LogP contribution in [0.5, 0.6) is 0 Å². The van der Waals surface area contributed by atoms with Gasteiger partial charge in [0.25, 0.3) is 5.69 Å². The maximum absolute atomic E-state index is 12.1. The van der Waals surface area contributed by atoms with Crippen LogP contribution in [0.2, 0.25) is 0 Å². The summed E-state index contributed by atoms with van der Waals surface area (Å²) < 4.78 is 26.6. The maximum atomic E-state index is 12.1. The van der Waals surface area contributed by atoms with Crippen LogP contribution in [0.3, 0.4) is 0 Å². The lowest BCUT2D eigenvalue weighted by Gasteiger charge is -2.08. The summed E-state index contributed by atoms with van der Waals surface area (Å²) in [6.45, 7) is 1.98. The topological polar surface area (TPSA) is 102 Å². The lowest BCUT2D eigenvalue weighted by atomic mass is 10.1. The van der Waals surface area contributed by atoms with Gasteiger partial charge >= 0.3 is 0 Å². The van der Waals surface area contributed by atoms with E-state index in [9.17, 15) is 18.5 Å². The van der Waals surface area contributed by atoms with Crippen LogP contribution in [0.25, 0.3) is 0 Å². The highest BCUT2D eigenvalue weighted by Gasteiger charge is 2.18. The zero-order chi connectivity index (χ0) is 15.5. The van der Waals surface area contributed by atoms with Crippen molar-refractivity contribution in [3.63, 3.8) is 0 Å². The van der Waals surface area contributed by atoms with E-state index in [1.807, 2.05) is 31.2 Å². The Labute approximate surface area is 121 Å². The minimum absolute atomic E-state index is 0.109. The molecule has 1 heterocycles. The van der Waals surface area contributed by atoms with E-state index in [0.717, 1.165) is 29.6 Å². The molecule has 2 rings (SSSR count). The molecule has 0 aliphatic rings. The van der Waals surface area contributed by atoms with Crippen molar-refractivity contribution in [1.82, 2.24) is 9.71 Å². The normalized spacial score (nSPS) is 11.3. The van der Waals surface area contributed by atoms with E-state index in [1.165, 1.54) is 0 Å². The van der Waals surface area contributed by atoms with Gasteiger partial charge in [-0.15, -0.1) is 0 Å². The summed E-state index contributed by atoms with van der Waals surface area (Å²) in [4.78, 5) is 13.3. The zero-order valence-corrected chi connectivity index (χ0v) is 12.0. The highest BCUT2D eigenvalue weighted by atomic mass is 32.2. The van der Waals surface area contributed by atoms with Gasteiger partial charge in [0.1, 0.15) is 11.1 Å². The number of hydrogen-bond donors (Lipinski definition) is 1. The minimum Gasteiger partial charge on any atom is -0.258 e. The molecule has 2 aromatic rings. The Hall–Kier alpha value is -2.32. The van der Waals surface area contributed by atoms with Gasteiger partial charge in [-0.2, -0.15) is 0 Å². The fraction of sp³-hybridized carbons (Fsp3) is 0.154. The lowest BCUT2D eigenvalue weighted by Crippen LogP contribution is -2.23. The molecule has 0 saturated carbocycles. The van der Waals surface area contributed by atoms with Crippen LogP contribution in [0.4, 0.5) is 5.69 Å². The van der Waals surface area contributed by atoms with Crippen LogP contribution in [0, 0.1) is 17.0 Å². The van der Waals surface area contributed by atoms with Crippen molar-refractivity contribution in [3.8, 4) is 0 Å². The quantitative estimate of drug-likeness (QED) is 0.670. The number of nitrogens with zero attached hydrogens (tertiary/aromatic N) is 2. The molecule has 1 aromatic heterocycles. The SMILES string of the molecule is Cc1ccccc1CNS(=O)(=O)c1cncc([N+](=O)[O-])c1. The second-order valence-electron chi connectivity index (χ2n) is 4.39. The van der Waals surface area contributed by atoms with Crippen LogP contribution < -0.4 is 4.72 Å². The molecule has 0 radical (unpaired) electrons. The molecule has 1 aromatic carbocycles. The summed E-state index contributed by atoms with van der Waals surface area (Å²) in [5.41, 5.74) is 1.42. The smallest absolute Gasteiger partial charge is 0.258 e. The minimum atomic E-state index is -3.85. The Balaban J connectivity index is 2.21. The molecule has 0 spiro atoms. The Morgan fingerprint density at radius 2 is 2.00 bits per heavy atom. The molecule has 8 heteroatoms. The molecule has 0 amide bonds.